The Kier molecular flexibility index (Phi) is 2.24. The van der Waals surface area contributed by atoms with Crippen LogP contribution in [0, 0.1) is 5.92 Å². The number of Topliss-reactive ketones (excluding diaryl/α,β-unsaturated/α-hetero) is 1. The molecule has 0 unspecified atom stereocenters. The van der Waals surface area contributed by atoms with Crippen LogP contribution in [0.5, 0.6) is 0 Å². The van der Waals surface area contributed by atoms with E-state index in [4.69, 9.17) is 4.42 Å². The van der Waals surface area contributed by atoms with Gasteiger partial charge in [-0.1, -0.05) is 12.1 Å². The molecule has 1 aromatic heterocycles. The molecule has 0 bridgehead atoms. The molecule has 1 saturated carbocycles. The molecule has 3 heteroatoms. The molecule has 3 nitrogen and oxygen atoms in total. The van der Waals surface area contributed by atoms with Crippen LogP contribution in [0.15, 0.2) is 28.7 Å². The summed E-state index contributed by atoms with van der Waals surface area (Å²) in [4.78, 5) is 15.9. The van der Waals surface area contributed by atoms with E-state index in [0.29, 0.717) is 24.7 Å². The van der Waals surface area contributed by atoms with Crippen LogP contribution < -0.4 is 0 Å². The fourth-order valence-electron chi connectivity index (χ4n) is 1.88. The predicted molar refractivity (Wildman–Crippen MR) is 60.1 cm³/mol. The Morgan fingerprint density at radius 3 is 2.94 bits per heavy atom. The van der Waals surface area contributed by atoms with Gasteiger partial charge in [-0.05, 0) is 30.9 Å². The Balaban J connectivity index is 1.75. The number of hydrogen-bond acceptors (Lipinski definition) is 3. The molecule has 3 rings (SSSR count). The molecule has 0 saturated heterocycles. The first-order chi connectivity index (χ1) is 7.81. The SMILES string of the molecule is O=C(Cc1nc2ccccc2o1)CC1CC1. The molecule has 1 aliphatic carbocycles. The van der Waals surface area contributed by atoms with Crippen molar-refractivity contribution >= 4 is 16.9 Å². The van der Waals surface area contributed by atoms with E-state index in [2.05, 4.69) is 4.98 Å². The molecule has 1 aromatic carbocycles. The van der Waals surface area contributed by atoms with Gasteiger partial charge in [-0.25, -0.2) is 4.98 Å². The summed E-state index contributed by atoms with van der Waals surface area (Å²) in [7, 11) is 0. The summed E-state index contributed by atoms with van der Waals surface area (Å²) in [6.07, 6.45) is 3.45. The molecule has 0 radical (unpaired) electrons. The van der Waals surface area contributed by atoms with Crippen LogP contribution in [0.3, 0.4) is 0 Å². The lowest BCUT2D eigenvalue weighted by atomic mass is 10.1. The highest BCUT2D eigenvalue weighted by atomic mass is 16.3. The number of carbonyl (C=O) groups is 1. The molecule has 16 heavy (non-hydrogen) atoms. The molecule has 0 spiro atoms. The van der Waals surface area contributed by atoms with Gasteiger partial charge in [0.15, 0.2) is 5.58 Å². The number of para-hydroxylation sites is 2. The van der Waals surface area contributed by atoms with Crippen molar-refractivity contribution < 1.29 is 9.21 Å². The third-order valence-corrected chi connectivity index (χ3v) is 2.90. The number of oxazole rings is 1. The van der Waals surface area contributed by atoms with Gasteiger partial charge in [-0.3, -0.25) is 4.79 Å². The number of hydrogen-bond donors (Lipinski definition) is 0. The van der Waals surface area contributed by atoms with Gasteiger partial charge in [0.05, 0.1) is 6.42 Å². The lowest BCUT2D eigenvalue weighted by Crippen LogP contribution is -2.03. The lowest BCUT2D eigenvalue weighted by molar-refractivity contribution is -0.119. The minimum absolute atomic E-state index is 0.244. The summed E-state index contributed by atoms with van der Waals surface area (Å²) in [5.74, 6) is 1.43. The molecule has 82 valence electrons. The second kappa shape index (κ2) is 3.74. The maximum Gasteiger partial charge on any atom is 0.202 e. The van der Waals surface area contributed by atoms with Crippen molar-refractivity contribution in [1.82, 2.24) is 4.98 Å². The Hall–Kier alpha value is -1.64. The predicted octanol–water partition coefficient (Wildman–Crippen LogP) is 2.74. The largest absolute Gasteiger partial charge is 0.440 e. The Bertz CT molecular complexity index is 492. The van der Waals surface area contributed by atoms with Gasteiger partial charge in [0.1, 0.15) is 11.3 Å². The van der Waals surface area contributed by atoms with Crippen molar-refractivity contribution in [3.63, 3.8) is 0 Å². The molecule has 2 aromatic rings. The summed E-state index contributed by atoms with van der Waals surface area (Å²) >= 11 is 0. The first-order valence-electron chi connectivity index (χ1n) is 5.67. The van der Waals surface area contributed by atoms with Gasteiger partial charge in [-0.2, -0.15) is 0 Å². The van der Waals surface area contributed by atoms with E-state index < -0.39 is 0 Å². The molecule has 0 amide bonds. The minimum Gasteiger partial charge on any atom is -0.440 e. The van der Waals surface area contributed by atoms with Crippen LogP contribution in [0.4, 0.5) is 0 Å². The van der Waals surface area contributed by atoms with Crippen molar-refractivity contribution in [2.75, 3.05) is 0 Å². The lowest BCUT2D eigenvalue weighted by Gasteiger charge is -1.94. The molecular weight excluding hydrogens is 202 g/mol. The van der Waals surface area contributed by atoms with Gasteiger partial charge in [-0.15, -0.1) is 0 Å². The number of nitrogens with zero attached hydrogens (tertiary/aromatic N) is 1. The Morgan fingerprint density at radius 1 is 1.38 bits per heavy atom. The first-order valence-corrected chi connectivity index (χ1v) is 5.67. The summed E-state index contributed by atoms with van der Waals surface area (Å²) in [5, 5.41) is 0. The second-order valence-corrected chi connectivity index (χ2v) is 4.44. The minimum atomic E-state index is 0.244. The van der Waals surface area contributed by atoms with Crippen LogP contribution in [0.2, 0.25) is 0 Å². The first kappa shape index (κ1) is 9.58. The topological polar surface area (TPSA) is 43.1 Å². The van der Waals surface area contributed by atoms with E-state index in [-0.39, 0.29) is 5.78 Å². The zero-order chi connectivity index (χ0) is 11.0. The molecule has 0 atom stereocenters. The van der Waals surface area contributed by atoms with Gasteiger partial charge in [0.2, 0.25) is 5.89 Å². The number of rotatable bonds is 4. The number of ketones is 1. The maximum atomic E-state index is 11.6. The van der Waals surface area contributed by atoms with E-state index in [0.717, 1.165) is 11.1 Å². The number of fused-ring (bicyclic) bond motifs is 1. The molecular formula is C13H13NO2. The van der Waals surface area contributed by atoms with Crippen molar-refractivity contribution in [3.05, 3.63) is 30.2 Å². The Labute approximate surface area is 93.5 Å². The molecule has 0 N–H and O–H groups in total. The highest BCUT2D eigenvalue weighted by Crippen LogP contribution is 2.32. The zero-order valence-electron chi connectivity index (χ0n) is 8.98. The summed E-state index contributed by atoms with van der Waals surface area (Å²) in [6.45, 7) is 0. The highest BCUT2D eigenvalue weighted by molar-refractivity contribution is 5.81. The normalized spacial score (nSPS) is 15.5. The average molecular weight is 215 g/mol. The van der Waals surface area contributed by atoms with Gasteiger partial charge in [0, 0.05) is 6.42 Å². The van der Waals surface area contributed by atoms with Crippen LogP contribution in [-0.2, 0) is 11.2 Å². The molecule has 0 aliphatic heterocycles. The van der Waals surface area contributed by atoms with E-state index in [9.17, 15) is 4.79 Å². The highest BCUT2D eigenvalue weighted by Gasteiger charge is 2.25. The molecule has 1 heterocycles. The van der Waals surface area contributed by atoms with Crippen molar-refractivity contribution in [2.24, 2.45) is 5.92 Å². The van der Waals surface area contributed by atoms with Crippen LogP contribution in [0.1, 0.15) is 25.2 Å². The van der Waals surface area contributed by atoms with Crippen molar-refractivity contribution in [2.45, 2.75) is 25.7 Å². The summed E-state index contributed by atoms with van der Waals surface area (Å²) < 4.78 is 5.51. The van der Waals surface area contributed by atoms with Gasteiger partial charge < -0.3 is 4.42 Å². The summed E-state index contributed by atoms with van der Waals surface area (Å²) in [6, 6.07) is 7.59. The average Bonchev–Trinajstić information content (AvgIpc) is 2.97. The second-order valence-electron chi connectivity index (χ2n) is 4.44. The van der Waals surface area contributed by atoms with Crippen LogP contribution in [0.25, 0.3) is 11.1 Å². The quantitative estimate of drug-likeness (QED) is 0.787. The van der Waals surface area contributed by atoms with E-state index in [1.54, 1.807) is 0 Å². The third-order valence-electron chi connectivity index (χ3n) is 2.90. The van der Waals surface area contributed by atoms with E-state index in [1.807, 2.05) is 24.3 Å². The zero-order valence-corrected chi connectivity index (χ0v) is 8.98. The maximum absolute atomic E-state index is 11.6. The number of carbonyl (C=O) groups excluding carboxylic acids is 1. The third kappa shape index (κ3) is 1.98. The molecule has 1 aliphatic rings. The van der Waals surface area contributed by atoms with Crippen molar-refractivity contribution in [1.29, 1.82) is 0 Å². The summed E-state index contributed by atoms with van der Waals surface area (Å²) in [5.41, 5.74) is 1.59. The van der Waals surface area contributed by atoms with E-state index >= 15 is 0 Å². The molecule has 1 fully saturated rings. The standard InChI is InChI=1S/C13H13NO2/c15-10(7-9-5-6-9)8-13-14-11-3-1-2-4-12(11)16-13/h1-4,9H,5-8H2. The fraction of sp³-hybridized carbons (Fsp3) is 0.385. The van der Waals surface area contributed by atoms with E-state index in [1.165, 1.54) is 12.8 Å². The van der Waals surface area contributed by atoms with Crippen LogP contribution in [-0.4, -0.2) is 10.8 Å². The monoisotopic (exact) mass is 215 g/mol. The number of benzene rings is 1. The van der Waals surface area contributed by atoms with Gasteiger partial charge >= 0.3 is 0 Å². The number of aromatic nitrogens is 1. The van der Waals surface area contributed by atoms with Crippen LogP contribution >= 0.6 is 0 Å². The van der Waals surface area contributed by atoms with Crippen molar-refractivity contribution in [3.8, 4) is 0 Å². The Morgan fingerprint density at radius 2 is 2.19 bits per heavy atom. The van der Waals surface area contributed by atoms with Gasteiger partial charge in [0.25, 0.3) is 0 Å². The smallest absolute Gasteiger partial charge is 0.202 e. The fourth-order valence-corrected chi connectivity index (χ4v) is 1.88.